The molecule has 2 atom stereocenters. The van der Waals surface area contributed by atoms with Crippen molar-refractivity contribution in [3.8, 4) is 0 Å². The van der Waals surface area contributed by atoms with Crippen LogP contribution in [0.15, 0.2) is 18.2 Å². The Balaban J connectivity index is 2.18. The first kappa shape index (κ1) is 15.4. The maximum Gasteiger partial charge on any atom is 0.272 e. The molecule has 6 heteroatoms. The fraction of sp³-hybridized carbons (Fsp3) is 0.533. The van der Waals surface area contributed by atoms with Gasteiger partial charge in [-0.1, -0.05) is 12.1 Å². The average Bonchev–Trinajstić information content (AvgIpc) is 2.42. The minimum atomic E-state index is -0.356. The first-order valence-electron chi connectivity index (χ1n) is 7.16. The summed E-state index contributed by atoms with van der Waals surface area (Å²) in [5, 5.41) is 11.0. The second kappa shape index (κ2) is 6.22. The van der Waals surface area contributed by atoms with Crippen LogP contribution in [0.5, 0.6) is 0 Å². The molecule has 1 amide bonds. The predicted molar refractivity (Wildman–Crippen MR) is 79.6 cm³/mol. The van der Waals surface area contributed by atoms with E-state index in [1.54, 1.807) is 13.0 Å². The quantitative estimate of drug-likeness (QED) is 0.678. The van der Waals surface area contributed by atoms with Crippen LogP contribution < -0.4 is 5.73 Å². The number of piperidine rings is 1. The third kappa shape index (κ3) is 3.39. The van der Waals surface area contributed by atoms with Gasteiger partial charge in [0.25, 0.3) is 5.69 Å². The fourth-order valence-corrected chi connectivity index (χ4v) is 2.89. The van der Waals surface area contributed by atoms with Crippen LogP contribution in [-0.4, -0.2) is 28.3 Å². The van der Waals surface area contributed by atoms with E-state index in [0.29, 0.717) is 24.7 Å². The molecule has 1 aliphatic heterocycles. The summed E-state index contributed by atoms with van der Waals surface area (Å²) in [6.45, 7) is 5.12. The molecule has 1 aromatic rings. The molecule has 0 bridgehead atoms. The highest BCUT2D eigenvalue weighted by molar-refractivity contribution is 5.77. The molecule has 21 heavy (non-hydrogen) atoms. The molecule has 2 N–H and O–H groups in total. The summed E-state index contributed by atoms with van der Waals surface area (Å²) in [6.07, 6.45) is 1.74. The fourth-order valence-electron chi connectivity index (χ4n) is 2.89. The van der Waals surface area contributed by atoms with Crippen LogP contribution in [0.3, 0.4) is 0 Å². The molecular formula is C15H21N3O3. The van der Waals surface area contributed by atoms with E-state index >= 15 is 0 Å². The van der Waals surface area contributed by atoms with Gasteiger partial charge in [0, 0.05) is 30.8 Å². The van der Waals surface area contributed by atoms with Crippen molar-refractivity contribution in [2.45, 2.75) is 39.3 Å². The van der Waals surface area contributed by atoms with Crippen LogP contribution >= 0.6 is 0 Å². The normalized spacial score (nSPS) is 23.0. The first-order chi connectivity index (χ1) is 9.90. The van der Waals surface area contributed by atoms with Gasteiger partial charge in [-0.25, -0.2) is 0 Å². The number of benzene rings is 1. The van der Waals surface area contributed by atoms with Gasteiger partial charge in [-0.3, -0.25) is 19.8 Å². The molecule has 0 aromatic heterocycles. The molecule has 1 saturated heterocycles. The molecule has 0 aliphatic carbocycles. The number of primary amides is 1. The van der Waals surface area contributed by atoms with Gasteiger partial charge in [-0.2, -0.15) is 0 Å². The molecule has 0 spiro atoms. The molecule has 1 heterocycles. The van der Waals surface area contributed by atoms with Crippen molar-refractivity contribution in [1.29, 1.82) is 0 Å². The summed E-state index contributed by atoms with van der Waals surface area (Å²) in [4.78, 5) is 24.2. The van der Waals surface area contributed by atoms with E-state index in [1.165, 1.54) is 6.07 Å². The maximum absolute atomic E-state index is 11.4. The Bertz CT molecular complexity index is 559. The summed E-state index contributed by atoms with van der Waals surface area (Å²) in [6, 6.07) is 5.48. The Hall–Kier alpha value is -1.95. The number of carbonyl (C=O) groups excluding carboxylic acids is 1. The van der Waals surface area contributed by atoms with E-state index in [-0.39, 0.29) is 22.4 Å². The Kier molecular flexibility index (Phi) is 4.57. The number of carbonyl (C=O) groups is 1. The number of nitro benzene ring substituents is 1. The minimum absolute atomic E-state index is 0.125. The van der Waals surface area contributed by atoms with Gasteiger partial charge in [0.15, 0.2) is 0 Å². The van der Waals surface area contributed by atoms with Crippen LogP contribution in [0.25, 0.3) is 0 Å². The lowest BCUT2D eigenvalue weighted by atomic mass is 9.92. The Morgan fingerprint density at radius 2 is 2.19 bits per heavy atom. The lowest BCUT2D eigenvalue weighted by molar-refractivity contribution is -0.385. The third-order valence-corrected chi connectivity index (χ3v) is 4.40. The van der Waals surface area contributed by atoms with Gasteiger partial charge in [-0.15, -0.1) is 0 Å². The molecular weight excluding hydrogens is 270 g/mol. The molecule has 0 saturated carbocycles. The van der Waals surface area contributed by atoms with Gasteiger partial charge in [0.2, 0.25) is 5.91 Å². The Morgan fingerprint density at radius 1 is 1.48 bits per heavy atom. The number of likely N-dealkylation sites (tertiary alicyclic amines) is 1. The summed E-state index contributed by atoms with van der Waals surface area (Å²) in [7, 11) is 0. The number of hydrogen-bond donors (Lipinski definition) is 1. The van der Waals surface area contributed by atoms with Gasteiger partial charge >= 0.3 is 0 Å². The van der Waals surface area contributed by atoms with Crippen molar-refractivity contribution in [2.75, 3.05) is 6.54 Å². The zero-order chi connectivity index (χ0) is 15.6. The van der Waals surface area contributed by atoms with Crippen molar-refractivity contribution >= 4 is 11.6 Å². The zero-order valence-electron chi connectivity index (χ0n) is 12.4. The van der Waals surface area contributed by atoms with Crippen LogP contribution in [0.4, 0.5) is 5.69 Å². The van der Waals surface area contributed by atoms with E-state index < -0.39 is 0 Å². The van der Waals surface area contributed by atoms with Gasteiger partial charge < -0.3 is 5.73 Å². The van der Waals surface area contributed by atoms with E-state index in [1.807, 2.05) is 6.07 Å². The number of nitrogens with zero attached hydrogens (tertiary/aromatic N) is 2. The highest BCUT2D eigenvalue weighted by Gasteiger charge is 2.29. The Labute approximate surface area is 124 Å². The zero-order valence-corrected chi connectivity index (χ0v) is 12.4. The largest absolute Gasteiger partial charge is 0.369 e. The predicted octanol–water partition coefficient (Wildman–Crippen LogP) is 1.99. The number of amides is 1. The molecule has 2 rings (SSSR count). The molecule has 1 aromatic carbocycles. The minimum Gasteiger partial charge on any atom is -0.369 e. The topological polar surface area (TPSA) is 89.5 Å². The molecule has 114 valence electrons. The molecule has 0 radical (unpaired) electrons. The third-order valence-electron chi connectivity index (χ3n) is 4.40. The summed E-state index contributed by atoms with van der Waals surface area (Å²) >= 11 is 0. The number of hydrogen-bond acceptors (Lipinski definition) is 4. The van der Waals surface area contributed by atoms with Gasteiger partial charge in [-0.05, 0) is 32.3 Å². The van der Waals surface area contributed by atoms with Gasteiger partial charge in [0.1, 0.15) is 0 Å². The molecule has 6 nitrogen and oxygen atoms in total. The summed E-state index contributed by atoms with van der Waals surface area (Å²) in [5.41, 5.74) is 7.17. The van der Waals surface area contributed by atoms with Crippen LogP contribution in [0.2, 0.25) is 0 Å². The first-order valence-corrected chi connectivity index (χ1v) is 7.16. The van der Waals surface area contributed by atoms with Crippen molar-refractivity contribution in [2.24, 2.45) is 11.7 Å². The van der Waals surface area contributed by atoms with E-state index in [0.717, 1.165) is 18.4 Å². The molecule has 0 unspecified atom stereocenters. The number of nitrogens with two attached hydrogens (primary N) is 1. The molecule has 1 aliphatic rings. The van der Waals surface area contributed by atoms with E-state index in [9.17, 15) is 14.9 Å². The van der Waals surface area contributed by atoms with Crippen LogP contribution in [0.1, 0.15) is 30.9 Å². The highest BCUT2D eigenvalue weighted by Crippen LogP contribution is 2.27. The summed E-state index contributed by atoms with van der Waals surface area (Å²) < 4.78 is 0. The SMILES string of the molecule is Cc1c(CN2C[C@H](C(N)=O)CC[C@@H]2C)cccc1[N+](=O)[O-]. The second-order valence-electron chi connectivity index (χ2n) is 5.77. The average molecular weight is 291 g/mol. The standard InChI is InChI=1S/C15H21N3O3/c1-10-6-7-13(15(16)19)9-17(10)8-12-4-3-5-14(11(12)2)18(20)21/h3-5,10,13H,6-9H2,1-2H3,(H2,16,19)/t10-,13+/m0/s1. The van der Waals surface area contributed by atoms with Crippen LogP contribution in [0, 0.1) is 23.0 Å². The lowest BCUT2D eigenvalue weighted by Crippen LogP contribution is -2.45. The highest BCUT2D eigenvalue weighted by atomic mass is 16.6. The van der Waals surface area contributed by atoms with Crippen LogP contribution in [-0.2, 0) is 11.3 Å². The van der Waals surface area contributed by atoms with Crippen molar-refractivity contribution in [3.05, 3.63) is 39.4 Å². The maximum atomic E-state index is 11.4. The van der Waals surface area contributed by atoms with Crippen molar-refractivity contribution < 1.29 is 9.72 Å². The smallest absolute Gasteiger partial charge is 0.272 e. The van der Waals surface area contributed by atoms with Crippen molar-refractivity contribution in [1.82, 2.24) is 4.90 Å². The molecule has 1 fully saturated rings. The number of nitro groups is 1. The van der Waals surface area contributed by atoms with Crippen molar-refractivity contribution in [3.63, 3.8) is 0 Å². The van der Waals surface area contributed by atoms with E-state index in [4.69, 9.17) is 5.73 Å². The Morgan fingerprint density at radius 3 is 2.81 bits per heavy atom. The second-order valence-corrected chi connectivity index (χ2v) is 5.77. The van der Waals surface area contributed by atoms with E-state index in [2.05, 4.69) is 11.8 Å². The number of rotatable bonds is 4. The van der Waals surface area contributed by atoms with Gasteiger partial charge in [0.05, 0.1) is 10.8 Å². The summed E-state index contributed by atoms with van der Waals surface area (Å²) in [5.74, 6) is -0.386. The lowest BCUT2D eigenvalue weighted by Gasteiger charge is -2.37. The monoisotopic (exact) mass is 291 g/mol.